The van der Waals surface area contributed by atoms with Crippen molar-refractivity contribution in [2.75, 3.05) is 32.8 Å². The van der Waals surface area contributed by atoms with Crippen LogP contribution in [-0.2, 0) is 6.54 Å². The second-order valence-electron chi connectivity index (χ2n) is 5.37. The molecule has 19 heavy (non-hydrogen) atoms. The van der Waals surface area contributed by atoms with Crippen LogP contribution in [0.25, 0.3) is 0 Å². The largest absolute Gasteiger partial charge is 0.395 e. The lowest BCUT2D eigenvalue weighted by atomic mass is 10.0. The van der Waals surface area contributed by atoms with Gasteiger partial charge in [0.1, 0.15) is 0 Å². The van der Waals surface area contributed by atoms with E-state index >= 15 is 0 Å². The minimum Gasteiger partial charge on any atom is -0.395 e. The summed E-state index contributed by atoms with van der Waals surface area (Å²) in [5, 5.41) is 9.08. The molecule has 1 aromatic carbocycles. The van der Waals surface area contributed by atoms with Crippen LogP contribution in [0.1, 0.15) is 25.3 Å². The fourth-order valence-electron chi connectivity index (χ4n) is 2.99. The van der Waals surface area contributed by atoms with Crippen LogP contribution in [0.4, 0.5) is 0 Å². The standard InChI is InChI=1S/C16H26N2O/c1-2-18(13-15-7-4-3-5-8-15)16-9-6-10-17(14-16)11-12-19/h3-5,7-8,16,19H,2,6,9-14H2,1H3/t16-/m1/s1. The molecule has 106 valence electrons. The van der Waals surface area contributed by atoms with E-state index in [0.29, 0.717) is 6.04 Å². The summed E-state index contributed by atoms with van der Waals surface area (Å²) in [6, 6.07) is 11.3. The smallest absolute Gasteiger partial charge is 0.0558 e. The Bertz CT molecular complexity index is 353. The summed E-state index contributed by atoms with van der Waals surface area (Å²) in [5.41, 5.74) is 1.39. The summed E-state index contributed by atoms with van der Waals surface area (Å²) in [4.78, 5) is 4.96. The molecule has 0 unspecified atom stereocenters. The molecule has 0 saturated carbocycles. The van der Waals surface area contributed by atoms with Gasteiger partial charge in [0.15, 0.2) is 0 Å². The second kappa shape index (κ2) is 7.63. The van der Waals surface area contributed by atoms with Crippen LogP contribution in [0, 0.1) is 0 Å². The van der Waals surface area contributed by atoms with Gasteiger partial charge in [0.2, 0.25) is 0 Å². The van der Waals surface area contributed by atoms with Crippen LogP contribution in [0.2, 0.25) is 0 Å². The van der Waals surface area contributed by atoms with E-state index in [1.54, 1.807) is 0 Å². The van der Waals surface area contributed by atoms with Gasteiger partial charge in [-0.1, -0.05) is 37.3 Å². The summed E-state index contributed by atoms with van der Waals surface area (Å²) in [6.07, 6.45) is 2.53. The molecule has 1 heterocycles. The SMILES string of the molecule is CCN(Cc1ccccc1)[C@@H]1CCCN(CCO)C1. The molecule has 1 aliphatic heterocycles. The van der Waals surface area contributed by atoms with Crippen molar-refractivity contribution in [3.8, 4) is 0 Å². The Balaban J connectivity index is 1.93. The van der Waals surface area contributed by atoms with Crippen molar-refractivity contribution in [3.05, 3.63) is 35.9 Å². The van der Waals surface area contributed by atoms with Crippen LogP contribution < -0.4 is 0 Å². The summed E-state index contributed by atoms with van der Waals surface area (Å²) in [6.45, 7) is 7.70. The van der Waals surface area contributed by atoms with E-state index in [-0.39, 0.29) is 6.61 Å². The fraction of sp³-hybridized carbons (Fsp3) is 0.625. The van der Waals surface area contributed by atoms with E-state index in [4.69, 9.17) is 5.11 Å². The van der Waals surface area contributed by atoms with Gasteiger partial charge in [-0.2, -0.15) is 0 Å². The molecule has 2 rings (SSSR count). The van der Waals surface area contributed by atoms with Gasteiger partial charge in [-0.15, -0.1) is 0 Å². The Morgan fingerprint density at radius 3 is 2.79 bits per heavy atom. The monoisotopic (exact) mass is 262 g/mol. The number of likely N-dealkylation sites (N-methyl/N-ethyl adjacent to an activating group) is 1. The lowest BCUT2D eigenvalue weighted by Crippen LogP contribution is -2.48. The van der Waals surface area contributed by atoms with Crippen molar-refractivity contribution < 1.29 is 5.11 Å². The van der Waals surface area contributed by atoms with Gasteiger partial charge in [0.05, 0.1) is 6.61 Å². The predicted molar refractivity (Wildman–Crippen MR) is 79.1 cm³/mol. The van der Waals surface area contributed by atoms with Gasteiger partial charge < -0.3 is 5.11 Å². The number of hydrogen-bond acceptors (Lipinski definition) is 3. The van der Waals surface area contributed by atoms with Crippen molar-refractivity contribution in [1.29, 1.82) is 0 Å². The van der Waals surface area contributed by atoms with E-state index < -0.39 is 0 Å². The molecule has 0 bridgehead atoms. The highest BCUT2D eigenvalue weighted by atomic mass is 16.3. The first kappa shape index (κ1) is 14.5. The minimum atomic E-state index is 0.275. The Morgan fingerprint density at radius 2 is 2.11 bits per heavy atom. The van der Waals surface area contributed by atoms with Crippen LogP contribution in [0.5, 0.6) is 0 Å². The topological polar surface area (TPSA) is 26.7 Å². The number of piperidine rings is 1. The van der Waals surface area contributed by atoms with Gasteiger partial charge in [0.25, 0.3) is 0 Å². The Kier molecular flexibility index (Phi) is 5.83. The normalized spacial score (nSPS) is 20.9. The Hall–Kier alpha value is -0.900. The van der Waals surface area contributed by atoms with E-state index in [9.17, 15) is 0 Å². The number of benzene rings is 1. The molecular formula is C16H26N2O. The molecule has 1 saturated heterocycles. The third kappa shape index (κ3) is 4.30. The molecule has 3 heteroatoms. The average molecular weight is 262 g/mol. The zero-order valence-electron chi connectivity index (χ0n) is 12.0. The number of hydrogen-bond donors (Lipinski definition) is 1. The zero-order valence-corrected chi connectivity index (χ0v) is 12.0. The van der Waals surface area contributed by atoms with Crippen LogP contribution in [-0.4, -0.2) is 53.7 Å². The maximum Gasteiger partial charge on any atom is 0.0558 e. The Labute approximate surface area is 116 Å². The number of aliphatic hydroxyl groups is 1. The first-order valence-corrected chi connectivity index (χ1v) is 7.44. The molecule has 1 N–H and O–H groups in total. The number of nitrogens with zero attached hydrogens (tertiary/aromatic N) is 2. The highest BCUT2D eigenvalue weighted by molar-refractivity contribution is 5.14. The quantitative estimate of drug-likeness (QED) is 0.849. The van der Waals surface area contributed by atoms with E-state index in [0.717, 1.165) is 32.7 Å². The third-order valence-corrected chi connectivity index (χ3v) is 4.05. The summed E-state index contributed by atoms with van der Waals surface area (Å²) in [5.74, 6) is 0. The van der Waals surface area contributed by atoms with Crippen LogP contribution >= 0.6 is 0 Å². The molecule has 3 nitrogen and oxygen atoms in total. The summed E-state index contributed by atoms with van der Waals surface area (Å²) in [7, 11) is 0. The van der Waals surface area contributed by atoms with Crippen molar-refractivity contribution in [3.63, 3.8) is 0 Å². The van der Waals surface area contributed by atoms with Gasteiger partial charge in [-0.25, -0.2) is 0 Å². The molecule has 0 amide bonds. The molecule has 1 atom stereocenters. The summed E-state index contributed by atoms with van der Waals surface area (Å²) >= 11 is 0. The van der Waals surface area contributed by atoms with Gasteiger partial charge in [-0.05, 0) is 31.5 Å². The third-order valence-electron chi connectivity index (χ3n) is 4.05. The number of aliphatic hydroxyl groups excluding tert-OH is 1. The van der Waals surface area contributed by atoms with Crippen molar-refractivity contribution in [2.45, 2.75) is 32.4 Å². The highest BCUT2D eigenvalue weighted by Crippen LogP contribution is 2.18. The van der Waals surface area contributed by atoms with Gasteiger partial charge in [0, 0.05) is 25.7 Å². The zero-order chi connectivity index (χ0) is 13.5. The van der Waals surface area contributed by atoms with Gasteiger partial charge in [-0.3, -0.25) is 9.80 Å². The molecule has 0 radical (unpaired) electrons. The molecular weight excluding hydrogens is 236 g/mol. The van der Waals surface area contributed by atoms with Crippen molar-refractivity contribution in [2.24, 2.45) is 0 Å². The van der Waals surface area contributed by atoms with E-state index in [1.165, 1.54) is 18.4 Å². The number of likely N-dealkylation sites (tertiary alicyclic amines) is 1. The van der Waals surface area contributed by atoms with E-state index in [2.05, 4.69) is 47.1 Å². The Morgan fingerprint density at radius 1 is 1.32 bits per heavy atom. The molecule has 1 fully saturated rings. The summed E-state index contributed by atoms with van der Waals surface area (Å²) < 4.78 is 0. The molecule has 1 aromatic rings. The maximum absolute atomic E-state index is 9.08. The second-order valence-corrected chi connectivity index (χ2v) is 5.37. The van der Waals surface area contributed by atoms with Crippen molar-refractivity contribution in [1.82, 2.24) is 9.80 Å². The predicted octanol–water partition coefficient (Wildman–Crippen LogP) is 1.97. The number of rotatable bonds is 6. The molecule has 0 spiro atoms. The van der Waals surface area contributed by atoms with Gasteiger partial charge >= 0.3 is 0 Å². The highest BCUT2D eigenvalue weighted by Gasteiger charge is 2.24. The van der Waals surface area contributed by atoms with Crippen LogP contribution in [0.3, 0.4) is 0 Å². The lowest BCUT2D eigenvalue weighted by molar-refractivity contribution is 0.0838. The minimum absolute atomic E-state index is 0.275. The average Bonchev–Trinajstić information content (AvgIpc) is 2.46. The lowest BCUT2D eigenvalue weighted by Gasteiger charge is -2.39. The molecule has 0 aliphatic carbocycles. The first-order valence-electron chi connectivity index (χ1n) is 7.44. The molecule has 0 aromatic heterocycles. The first-order chi connectivity index (χ1) is 9.33. The van der Waals surface area contributed by atoms with Crippen molar-refractivity contribution >= 4 is 0 Å². The maximum atomic E-state index is 9.08. The van der Waals surface area contributed by atoms with Crippen LogP contribution in [0.15, 0.2) is 30.3 Å². The number of β-amino-alcohol motifs (C(OH)–C–C–N with tert-alkyl or cyclic N) is 1. The fourth-order valence-corrected chi connectivity index (χ4v) is 2.99. The van der Waals surface area contributed by atoms with E-state index in [1.807, 2.05) is 0 Å². The molecule has 1 aliphatic rings.